The molecule has 0 aliphatic carbocycles. The molecule has 1 aromatic carbocycles. The molecule has 0 atom stereocenters. The van der Waals surface area contributed by atoms with E-state index in [1.165, 1.54) is 6.07 Å². The van der Waals surface area contributed by atoms with Crippen LogP contribution in [0.15, 0.2) is 22.7 Å². The number of aryl methyl sites for hydroxylation is 1. The Labute approximate surface area is 140 Å². The summed E-state index contributed by atoms with van der Waals surface area (Å²) in [6.07, 6.45) is 1.66. The fraction of sp³-hybridized carbons (Fsp3) is 0.471. The summed E-state index contributed by atoms with van der Waals surface area (Å²) in [5, 5.41) is 13.2. The summed E-state index contributed by atoms with van der Waals surface area (Å²) in [7, 11) is 0. The highest BCUT2D eigenvalue weighted by molar-refractivity contribution is 5.59. The van der Waals surface area contributed by atoms with Gasteiger partial charge in [-0.05, 0) is 18.6 Å². The Morgan fingerprint density at radius 1 is 1.29 bits per heavy atom. The summed E-state index contributed by atoms with van der Waals surface area (Å²) < 4.78 is 19.0. The lowest BCUT2D eigenvalue weighted by atomic mass is 10.1. The van der Waals surface area contributed by atoms with E-state index in [2.05, 4.69) is 19.9 Å². The van der Waals surface area contributed by atoms with E-state index in [4.69, 9.17) is 4.52 Å². The summed E-state index contributed by atoms with van der Waals surface area (Å²) in [6.45, 7) is 5.86. The van der Waals surface area contributed by atoms with Crippen molar-refractivity contribution in [1.29, 1.82) is 5.26 Å². The average Bonchev–Trinajstić information content (AvgIpc) is 2.92. The minimum atomic E-state index is -0.463. The number of nitriles is 1. The molecule has 0 amide bonds. The Hall–Kier alpha value is -2.46. The Morgan fingerprint density at radius 3 is 2.92 bits per heavy atom. The number of halogens is 1. The van der Waals surface area contributed by atoms with Crippen LogP contribution >= 0.6 is 0 Å². The molecule has 1 aliphatic heterocycles. The number of anilines is 1. The van der Waals surface area contributed by atoms with Crippen molar-refractivity contribution in [2.75, 3.05) is 31.1 Å². The summed E-state index contributed by atoms with van der Waals surface area (Å²) in [4.78, 5) is 8.68. The zero-order valence-corrected chi connectivity index (χ0v) is 13.7. The van der Waals surface area contributed by atoms with Crippen LogP contribution < -0.4 is 4.90 Å². The van der Waals surface area contributed by atoms with Gasteiger partial charge in [0, 0.05) is 32.6 Å². The third-order valence-electron chi connectivity index (χ3n) is 4.21. The number of benzene rings is 1. The molecule has 0 saturated carbocycles. The Bertz CT molecular complexity index is 739. The molecular weight excluding hydrogens is 309 g/mol. The molecule has 1 saturated heterocycles. The fourth-order valence-corrected chi connectivity index (χ4v) is 2.95. The number of aromatic nitrogens is 2. The minimum Gasteiger partial charge on any atom is -0.369 e. The van der Waals surface area contributed by atoms with Gasteiger partial charge in [-0.15, -0.1) is 0 Å². The van der Waals surface area contributed by atoms with E-state index in [1.807, 2.05) is 19.1 Å². The van der Waals surface area contributed by atoms with Gasteiger partial charge >= 0.3 is 0 Å². The van der Waals surface area contributed by atoms with Crippen molar-refractivity contribution in [1.82, 2.24) is 15.0 Å². The monoisotopic (exact) mass is 329 g/mol. The zero-order chi connectivity index (χ0) is 16.9. The van der Waals surface area contributed by atoms with E-state index in [0.29, 0.717) is 23.9 Å². The maximum Gasteiger partial charge on any atom is 0.226 e. The maximum atomic E-state index is 13.8. The molecule has 126 valence electrons. The first-order valence-corrected chi connectivity index (χ1v) is 8.18. The second-order valence-corrected chi connectivity index (χ2v) is 5.82. The van der Waals surface area contributed by atoms with Crippen LogP contribution in [0.1, 0.15) is 30.6 Å². The van der Waals surface area contributed by atoms with E-state index in [1.54, 1.807) is 6.07 Å². The SMILES string of the molecule is CCc1nc(CN2CCCN(c3cccc(F)c3C#N)CC2)no1. The summed E-state index contributed by atoms with van der Waals surface area (Å²) >= 11 is 0. The van der Waals surface area contributed by atoms with Crippen LogP contribution in [0.3, 0.4) is 0 Å². The summed E-state index contributed by atoms with van der Waals surface area (Å²) in [5.74, 6) is 0.888. The number of nitrogens with zero attached hydrogens (tertiary/aromatic N) is 5. The Kier molecular flexibility index (Phi) is 5.06. The standard InChI is InChI=1S/C17H20FN5O/c1-2-17-20-16(21-24-17)12-22-7-4-8-23(10-9-22)15-6-3-5-14(18)13(15)11-19/h3,5-6H,2,4,7-10,12H2,1H3. The fourth-order valence-electron chi connectivity index (χ4n) is 2.95. The molecule has 2 heterocycles. The van der Waals surface area contributed by atoms with Gasteiger partial charge in [-0.2, -0.15) is 10.2 Å². The molecule has 24 heavy (non-hydrogen) atoms. The molecule has 1 aromatic heterocycles. The molecule has 1 aliphatic rings. The van der Waals surface area contributed by atoms with Crippen molar-refractivity contribution in [3.05, 3.63) is 41.3 Å². The molecule has 6 nitrogen and oxygen atoms in total. The second-order valence-electron chi connectivity index (χ2n) is 5.82. The Morgan fingerprint density at radius 2 is 2.17 bits per heavy atom. The minimum absolute atomic E-state index is 0.122. The molecule has 0 bridgehead atoms. The van der Waals surface area contributed by atoms with E-state index < -0.39 is 5.82 Å². The quantitative estimate of drug-likeness (QED) is 0.858. The second kappa shape index (κ2) is 7.41. The van der Waals surface area contributed by atoms with Crippen LogP contribution in [0.25, 0.3) is 0 Å². The highest BCUT2D eigenvalue weighted by Gasteiger charge is 2.20. The lowest BCUT2D eigenvalue weighted by Crippen LogP contribution is -2.31. The van der Waals surface area contributed by atoms with E-state index in [9.17, 15) is 9.65 Å². The number of rotatable bonds is 4. The first kappa shape index (κ1) is 16.4. The van der Waals surface area contributed by atoms with Gasteiger partial charge in [0.1, 0.15) is 17.4 Å². The highest BCUT2D eigenvalue weighted by Crippen LogP contribution is 2.24. The van der Waals surface area contributed by atoms with Crippen LogP contribution in [0.2, 0.25) is 0 Å². The van der Waals surface area contributed by atoms with Gasteiger partial charge in [0.25, 0.3) is 0 Å². The number of hydrogen-bond donors (Lipinski definition) is 0. The van der Waals surface area contributed by atoms with Crippen LogP contribution in [0, 0.1) is 17.1 Å². The van der Waals surface area contributed by atoms with Gasteiger partial charge < -0.3 is 9.42 Å². The van der Waals surface area contributed by atoms with Crippen LogP contribution in [0.4, 0.5) is 10.1 Å². The third kappa shape index (κ3) is 3.54. The molecule has 0 unspecified atom stereocenters. The third-order valence-corrected chi connectivity index (χ3v) is 4.21. The van der Waals surface area contributed by atoms with E-state index >= 15 is 0 Å². The highest BCUT2D eigenvalue weighted by atomic mass is 19.1. The Balaban J connectivity index is 1.67. The van der Waals surface area contributed by atoms with Gasteiger partial charge in [0.15, 0.2) is 5.82 Å². The van der Waals surface area contributed by atoms with Gasteiger partial charge in [0.2, 0.25) is 5.89 Å². The molecule has 2 aromatic rings. The lowest BCUT2D eigenvalue weighted by molar-refractivity contribution is 0.271. The van der Waals surface area contributed by atoms with Gasteiger partial charge in [0.05, 0.1) is 12.2 Å². The smallest absolute Gasteiger partial charge is 0.226 e. The molecule has 7 heteroatoms. The van der Waals surface area contributed by atoms with Crippen molar-refractivity contribution >= 4 is 5.69 Å². The van der Waals surface area contributed by atoms with Gasteiger partial charge in [-0.1, -0.05) is 18.1 Å². The summed E-state index contributed by atoms with van der Waals surface area (Å²) in [6, 6.07) is 6.77. The first-order chi connectivity index (χ1) is 11.7. The van der Waals surface area contributed by atoms with Crippen molar-refractivity contribution in [3.8, 4) is 6.07 Å². The molecular formula is C17H20FN5O. The maximum absolute atomic E-state index is 13.8. The molecule has 1 fully saturated rings. The molecule has 3 rings (SSSR count). The lowest BCUT2D eigenvalue weighted by Gasteiger charge is -2.24. The first-order valence-electron chi connectivity index (χ1n) is 8.18. The van der Waals surface area contributed by atoms with Crippen LogP contribution in [-0.2, 0) is 13.0 Å². The largest absolute Gasteiger partial charge is 0.369 e. The topological polar surface area (TPSA) is 69.2 Å². The van der Waals surface area contributed by atoms with Crippen molar-refractivity contribution in [2.24, 2.45) is 0 Å². The van der Waals surface area contributed by atoms with E-state index in [-0.39, 0.29) is 5.56 Å². The molecule has 0 N–H and O–H groups in total. The van der Waals surface area contributed by atoms with Crippen LogP contribution in [-0.4, -0.2) is 41.2 Å². The van der Waals surface area contributed by atoms with Crippen molar-refractivity contribution in [3.63, 3.8) is 0 Å². The van der Waals surface area contributed by atoms with Gasteiger partial charge in [-0.25, -0.2) is 4.39 Å². The van der Waals surface area contributed by atoms with Crippen molar-refractivity contribution in [2.45, 2.75) is 26.3 Å². The molecule has 0 spiro atoms. The molecule has 0 radical (unpaired) electrons. The zero-order valence-electron chi connectivity index (χ0n) is 13.7. The normalized spacial score (nSPS) is 16.0. The number of hydrogen-bond acceptors (Lipinski definition) is 6. The van der Waals surface area contributed by atoms with Gasteiger partial charge in [-0.3, -0.25) is 4.90 Å². The average molecular weight is 329 g/mol. The van der Waals surface area contributed by atoms with Crippen molar-refractivity contribution < 1.29 is 8.91 Å². The predicted molar refractivity (Wildman–Crippen MR) is 86.9 cm³/mol. The van der Waals surface area contributed by atoms with E-state index in [0.717, 1.165) is 39.0 Å². The van der Waals surface area contributed by atoms with Crippen LogP contribution in [0.5, 0.6) is 0 Å². The summed E-state index contributed by atoms with van der Waals surface area (Å²) in [5.41, 5.74) is 0.795. The predicted octanol–water partition coefficient (Wildman–Crippen LogP) is 2.36.